The van der Waals surface area contributed by atoms with E-state index in [9.17, 15) is 0 Å². The molecule has 0 amide bonds. The van der Waals surface area contributed by atoms with Crippen molar-refractivity contribution in [1.82, 2.24) is 0 Å². The van der Waals surface area contributed by atoms with E-state index in [1.807, 2.05) is 36.4 Å². The zero-order valence-electron chi connectivity index (χ0n) is 11.0. The average molecular weight is 376 g/mol. The molecule has 2 rings (SSSR count). The zero-order chi connectivity index (χ0) is 14.7. The van der Waals surface area contributed by atoms with Crippen LogP contribution in [0.15, 0.2) is 36.4 Å². The van der Waals surface area contributed by atoms with Gasteiger partial charge in [0.1, 0.15) is 16.5 Å². The van der Waals surface area contributed by atoms with Crippen LogP contribution in [-0.2, 0) is 0 Å². The molecule has 0 spiro atoms. The molecule has 0 fully saturated rings. The normalized spacial score (nSPS) is 12.1. The molecule has 0 aliphatic carbocycles. The highest BCUT2D eigenvalue weighted by atomic mass is 79.9. The second kappa shape index (κ2) is 6.70. The molecule has 1 unspecified atom stereocenters. The van der Waals surface area contributed by atoms with Gasteiger partial charge in [-0.15, -0.1) is 0 Å². The first kappa shape index (κ1) is 15.5. The Bertz CT molecular complexity index is 617. The summed E-state index contributed by atoms with van der Waals surface area (Å²) < 4.78 is 10.6. The molecule has 0 saturated carbocycles. The monoisotopic (exact) mass is 374 g/mol. The van der Waals surface area contributed by atoms with Gasteiger partial charge in [0.25, 0.3) is 0 Å². The number of alkyl halides is 1. The van der Waals surface area contributed by atoms with Crippen molar-refractivity contribution in [3.63, 3.8) is 0 Å². The lowest BCUT2D eigenvalue weighted by Crippen LogP contribution is -1.99. The van der Waals surface area contributed by atoms with E-state index in [1.165, 1.54) is 0 Å². The van der Waals surface area contributed by atoms with Crippen molar-refractivity contribution in [2.24, 2.45) is 0 Å². The van der Waals surface area contributed by atoms with Gasteiger partial charge in [0.2, 0.25) is 0 Å². The number of benzene rings is 2. The summed E-state index contributed by atoms with van der Waals surface area (Å²) in [7, 11) is 3.16. The van der Waals surface area contributed by atoms with Crippen molar-refractivity contribution >= 4 is 39.1 Å². The van der Waals surface area contributed by atoms with Crippen molar-refractivity contribution in [3.05, 3.63) is 57.6 Å². The maximum absolute atomic E-state index is 6.28. The van der Waals surface area contributed by atoms with Gasteiger partial charge in [-0.05, 0) is 23.8 Å². The highest BCUT2D eigenvalue weighted by Crippen LogP contribution is 2.44. The Morgan fingerprint density at radius 2 is 1.80 bits per heavy atom. The predicted octanol–water partition coefficient (Wildman–Crippen LogP) is 5.49. The first-order valence-corrected chi connectivity index (χ1v) is 7.55. The Hall–Kier alpha value is -0.900. The predicted molar refractivity (Wildman–Crippen MR) is 86.8 cm³/mol. The summed E-state index contributed by atoms with van der Waals surface area (Å²) in [4.78, 5) is -0.0699. The maximum Gasteiger partial charge on any atom is 0.145 e. The van der Waals surface area contributed by atoms with Crippen LogP contribution in [0.25, 0.3) is 0 Å². The van der Waals surface area contributed by atoms with Crippen LogP contribution >= 0.6 is 39.1 Å². The largest absolute Gasteiger partial charge is 0.495 e. The van der Waals surface area contributed by atoms with Crippen LogP contribution < -0.4 is 9.47 Å². The smallest absolute Gasteiger partial charge is 0.145 e. The summed E-state index contributed by atoms with van der Waals surface area (Å²) in [6.07, 6.45) is 0. The molecule has 0 aliphatic rings. The Kier molecular flexibility index (Phi) is 5.19. The molecule has 5 heteroatoms. The summed E-state index contributed by atoms with van der Waals surface area (Å²) >= 11 is 16.0. The summed E-state index contributed by atoms with van der Waals surface area (Å²) in [5.74, 6) is 1.17. The first-order valence-electron chi connectivity index (χ1n) is 5.88. The third-order valence-corrected chi connectivity index (χ3v) is 4.55. The second-order valence-electron chi connectivity index (χ2n) is 4.12. The zero-order valence-corrected chi connectivity index (χ0v) is 14.1. The van der Waals surface area contributed by atoms with Crippen LogP contribution in [0.4, 0.5) is 0 Å². The minimum atomic E-state index is -0.0699. The number of halogens is 3. The fourth-order valence-electron chi connectivity index (χ4n) is 1.96. The Balaban J connectivity index is 2.49. The van der Waals surface area contributed by atoms with Gasteiger partial charge >= 0.3 is 0 Å². The topological polar surface area (TPSA) is 18.5 Å². The van der Waals surface area contributed by atoms with Gasteiger partial charge in [0.05, 0.1) is 19.0 Å². The molecule has 0 heterocycles. The molecule has 0 aliphatic heterocycles. The lowest BCUT2D eigenvalue weighted by atomic mass is 10.0. The number of hydrogen-bond donors (Lipinski definition) is 0. The van der Waals surface area contributed by atoms with E-state index in [-0.39, 0.29) is 4.83 Å². The van der Waals surface area contributed by atoms with Gasteiger partial charge in [-0.2, -0.15) is 0 Å². The van der Waals surface area contributed by atoms with Gasteiger partial charge in [-0.25, -0.2) is 0 Å². The van der Waals surface area contributed by atoms with Crippen LogP contribution in [0.5, 0.6) is 11.5 Å². The molecular formula is C15H13BrCl2O2. The maximum atomic E-state index is 6.28. The molecule has 2 aromatic rings. The fourth-order valence-corrected chi connectivity index (χ4v) is 3.13. The van der Waals surface area contributed by atoms with Crippen LogP contribution in [0.3, 0.4) is 0 Å². The quantitative estimate of drug-likeness (QED) is 0.657. The third-order valence-electron chi connectivity index (χ3n) is 2.93. The van der Waals surface area contributed by atoms with E-state index in [0.29, 0.717) is 21.5 Å². The highest BCUT2D eigenvalue weighted by molar-refractivity contribution is 9.09. The average Bonchev–Trinajstić information content (AvgIpc) is 2.46. The first-order chi connectivity index (χ1) is 9.58. The minimum absolute atomic E-state index is 0.0699. The molecule has 0 bridgehead atoms. The molecule has 0 radical (unpaired) electrons. The van der Waals surface area contributed by atoms with E-state index >= 15 is 0 Å². The number of hydrogen-bond acceptors (Lipinski definition) is 2. The lowest BCUT2D eigenvalue weighted by Gasteiger charge is -2.17. The summed E-state index contributed by atoms with van der Waals surface area (Å²) in [5.41, 5.74) is 1.94. The lowest BCUT2D eigenvalue weighted by molar-refractivity contribution is 0.392. The molecule has 1 atom stereocenters. The SMILES string of the molecule is COc1ccc(C(Br)c2cccc(Cl)c2)c(OC)c1Cl. The standard InChI is InChI=1S/C15H13BrCl2O2/c1-19-12-7-6-11(15(20-2)14(12)18)13(16)9-4-3-5-10(17)8-9/h3-8,13H,1-2H3. The van der Waals surface area contributed by atoms with E-state index < -0.39 is 0 Å². The van der Waals surface area contributed by atoms with Gasteiger partial charge < -0.3 is 9.47 Å². The summed E-state index contributed by atoms with van der Waals surface area (Å²) in [6.45, 7) is 0. The van der Waals surface area contributed by atoms with Gasteiger partial charge in [0, 0.05) is 10.6 Å². The van der Waals surface area contributed by atoms with Crippen molar-refractivity contribution in [3.8, 4) is 11.5 Å². The molecule has 106 valence electrons. The van der Waals surface area contributed by atoms with Crippen LogP contribution in [0.1, 0.15) is 16.0 Å². The van der Waals surface area contributed by atoms with E-state index in [2.05, 4.69) is 15.9 Å². The van der Waals surface area contributed by atoms with Gasteiger partial charge in [0.15, 0.2) is 0 Å². The third kappa shape index (κ3) is 3.05. The number of rotatable bonds is 4. The molecule has 20 heavy (non-hydrogen) atoms. The van der Waals surface area contributed by atoms with Crippen molar-refractivity contribution in [2.75, 3.05) is 14.2 Å². The Morgan fingerprint density at radius 1 is 1.05 bits per heavy atom. The molecule has 0 N–H and O–H groups in total. The Morgan fingerprint density at radius 3 is 2.40 bits per heavy atom. The van der Waals surface area contributed by atoms with E-state index in [0.717, 1.165) is 11.1 Å². The van der Waals surface area contributed by atoms with E-state index in [4.69, 9.17) is 32.7 Å². The second-order valence-corrected chi connectivity index (χ2v) is 5.85. The number of methoxy groups -OCH3 is 2. The highest BCUT2D eigenvalue weighted by Gasteiger charge is 2.20. The van der Waals surface area contributed by atoms with Crippen molar-refractivity contribution < 1.29 is 9.47 Å². The summed E-state index contributed by atoms with van der Waals surface area (Å²) in [6, 6.07) is 11.4. The van der Waals surface area contributed by atoms with Crippen molar-refractivity contribution in [1.29, 1.82) is 0 Å². The van der Waals surface area contributed by atoms with Gasteiger partial charge in [-0.3, -0.25) is 0 Å². The number of ether oxygens (including phenoxy) is 2. The Labute approximate surface area is 136 Å². The molecule has 0 aromatic heterocycles. The van der Waals surface area contributed by atoms with Gasteiger partial charge in [-0.1, -0.05) is 57.3 Å². The van der Waals surface area contributed by atoms with Crippen LogP contribution in [0, 0.1) is 0 Å². The molecule has 0 saturated heterocycles. The van der Waals surface area contributed by atoms with Crippen molar-refractivity contribution in [2.45, 2.75) is 4.83 Å². The molecular weight excluding hydrogens is 363 g/mol. The molecule has 2 aromatic carbocycles. The molecule has 2 nitrogen and oxygen atoms in total. The van der Waals surface area contributed by atoms with E-state index in [1.54, 1.807) is 14.2 Å². The fraction of sp³-hybridized carbons (Fsp3) is 0.200. The van der Waals surface area contributed by atoms with Crippen LogP contribution in [0.2, 0.25) is 10.0 Å². The minimum Gasteiger partial charge on any atom is -0.495 e. The van der Waals surface area contributed by atoms with Crippen LogP contribution in [-0.4, -0.2) is 14.2 Å². The summed E-state index contributed by atoms with van der Waals surface area (Å²) in [5, 5.41) is 1.14.